The van der Waals surface area contributed by atoms with Crippen LogP contribution in [0.4, 0.5) is 11.4 Å². The first-order valence-corrected chi connectivity index (χ1v) is 12.4. The van der Waals surface area contributed by atoms with E-state index in [4.69, 9.17) is 16.3 Å². The molecule has 33 heavy (non-hydrogen) atoms. The van der Waals surface area contributed by atoms with Gasteiger partial charge in [-0.25, -0.2) is 4.99 Å². The molecule has 1 amide bonds. The summed E-state index contributed by atoms with van der Waals surface area (Å²) in [5.41, 5.74) is 5.11. The molecule has 4 rings (SSSR count). The van der Waals surface area contributed by atoms with Crippen molar-refractivity contribution in [3.63, 3.8) is 0 Å². The molecule has 0 saturated carbocycles. The molecule has 7 heteroatoms. The van der Waals surface area contributed by atoms with E-state index in [9.17, 15) is 4.79 Å². The van der Waals surface area contributed by atoms with Crippen LogP contribution in [0, 0.1) is 6.92 Å². The van der Waals surface area contributed by atoms with E-state index >= 15 is 0 Å². The van der Waals surface area contributed by atoms with Crippen molar-refractivity contribution >= 4 is 51.9 Å². The zero-order valence-corrected chi connectivity index (χ0v) is 21.5. The molecule has 1 atom stereocenters. The number of carbonyl (C=O) groups is 1. The van der Waals surface area contributed by atoms with Crippen LogP contribution >= 0.6 is 23.4 Å². The van der Waals surface area contributed by atoms with Crippen molar-refractivity contribution < 1.29 is 9.53 Å². The molecule has 5 nitrogen and oxygen atoms in total. The third-order valence-corrected chi connectivity index (χ3v) is 7.77. The number of thioether (sulfide) groups is 1. The molecule has 0 spiro atoms. The summed E-state index contributed by atoms with van der Waals surface area (Å²) >= 11 is 7.54. The van der Waals surface area contributed by atoms with E-state index in [-0.39, 0.29) is 11.4 Å². The predicted molar refractivity (Wildman–Crippen MR) is 140 cm³/mol. The van der Waals surface area contributed by atoms with Gasteiger partial charge in [-0.2, -0.15) is 0 Å². The molecule has 0 aliphatic carbocycles. The Bertz CT molecular complexity index is 1170. The second-order valence-electron chi connectivity index (χ2n) is 9.18. The molecule has 2 heterocycles. The van der Waals surface area contributed by atoms with Crippen molar-refractivity contribution in [1.29, 1.82) is 0 Å². The maximum Gasteiger partial charge on any atom is 0.264 e. The Hall–Kier alpha value is -2.44. The molecule has 1 saturated heterocycles. The van der Waals surface area contributed by atoms with Crippen LogP contribution in [-0.4, -0.2) is 30.3 Å². The van der Waals surface area contributed by atoms with Crippen LogP contribution in [0.5, 0.6) is 5.75 Å². The molecule has 2 aliphatic heterocycles. The average molecular weight is 484 g/mol. The normalized spacial score (nSPS) is 22.0. The Morgan fingerprint density at radius 3 is 2.82 bits per heavy atom. The van der Waals surface area contributed by atoms with E-state index in [1.165, 1.54) is 23.0 Å². The van der Waals surface area contributed by atoms with E-state index in [1.807, 2.05) is 31.2 Å². The topological polar surface area (TPSA) is 53.9 Å². The number of carbonyl (C=O) groups excluding carboxylic acids is 1. The van der Waals surface area contributed by atoms with Gasteiger partial charge in [-0.05, 0) is 87.2 Å². The Morgan fingerprint density at radius 1 is 1.36 bits per heavy atom. The molecule has 0 radical (unpaired) electrons. The van der Waals surface area contributed by atoms with Crippen molar-refractivity contribution in [3.05, 3.63) is 56.9 Å². The van der Waals surface area contributed by atoms with Crippen LogP contribution in [0.3, 0.4) is 0 Å². The summed E-state index contributed by atoms with van der Waals surface area (Å²) in [5, 5.41) is 4.06. The van der Waals surface area contributed by atoms with E-state index in [1.54, 1.807) is 7.11 Å². The lowest BCUT2D eigenvalue weighted by Crippen LogP contribution is -2.48. The number of hydrogen-bond donors (Lipinski definition) is 1. The number of methoxy groups -OCH3 is 1. The maximum atomic E-state index is 12.7. The molecule has 0 bridgehead atoms. The summed E-state index contributed by atoms with van der Waals surface area (Å²) in [6.45, 7) is 11.9. The van der Waals surface area contributed by atoms with Crippen LogP contribution in [0.15, 0.2) is 40.2 Å². The first kappa shape index (κ1) is 23.7. The van der Waals surface area contributed by atoms with E-state index < -0.39 is 0 Å². The van der Waals surface area contributed by atoms with E-state index in [2.05, 4.69) is 55.0 Å². The first-order chi connectivity index (χ1) is 15.6. The van der Waals surface area contributed by atoms with Crippen LogP contribution in [0.1, 0.15) is 56.7 Å². The van der Waals surface area contributed by atoms with Gasteiger partial charge in [-0.15, -0.1) is 0 Å². The Morgan fingerprint density at radius 2 is 2.12 bits per heavy atom. The molecule has 2 aromatic rings. The molecule has 1 fully saturated rings. The Kier molecular flexibility index (Phi) is 6.52. The Labute approximate surface area is 205 Å². The number of amidine groups is 1. The second-order valence-corrected chi connectivity index (χ2v) is 10.6. The monoisotopic (exact) mass is 483 g/mol. The lowest BCUT2D eigenvalue weighted by molar-refractivity contribution is -0.115. The van der Waals surface area contributed by atoms with Crippen molar-refractivity contribution in [3.8, 4) is 5.75 Å². The fourth-order valence-corrected chi connectivity index (χ4v) is 5.86. The number of anilines is 1. The molecular weight excluding hydrogens is 454 g/mol. The summed E-state index contributed by atoms with van der Waals surface area (Å²) in [6.07, 6.45) is 2.97. The number of ether oxygens (including phenoxy) is 1. The minimum Gasteiger partial charge on any atom is -0.496 e. The van der Waals surface area contributed by atoms with Gasteiger partial charge in [-0.3, -0.25) is 4.79 Å². The number of nitrogens with zero attached hydrogens (tertiary/aromatic N) is 2. The number of fused-ring (bicyclic) bond motifs is 1. The third kappa shape index (κ3) is 4.51. The lowest BCUT2D eigenvalue weighted by Gasteiger charge is -2.47. The number of rotatable bonds is 4. The van der Waals surface area contributed by atoms with E-state index in [0.29, 0.717) is 21.0 Å². The zero-order valence-electron chi connectivity index (χ0n) is 20.0. The smallest absolute Gasteiger partial charge is 0.264 e. The number of hydrogen-bond acceptors (Lipinski definition) is 5. The standard InChI is InChI=1S/C26H30ClN3O2S/c1-7-30-21-13-22(32-6)17(11-18(21)15(2)14-26(30,4)5)12-23-24(31)29-25(33-23)28-20-10-8-9-19(27)16(20)3/h8-13,15H,7,14H2,1-6H3,(H,28,29,31)/b23-12+. The molecule has 2 aliphatic rings. The SMILES string of the molecule is CCN1c2cc(OC)c(/C=C3/SC(=Nc4cccc(Cl)c4C)NC3=O)cc2C(C)CC1(C)C. The summed E-state index contributed by atoms with van der Waals surface area (Å²) in [6, 6.07) is 9.86. The largest absolute Gasteiger partial charge is 0.496 e. The predicted octanol–water partition coefficient (Wildman–Crippen LogP) is 6.66. The molecule has 174 valence electrons. The van der Waals surface area contributed by atoms with Gasteiger partial charge in [0.15, 0.2) is 5.17 Å². The highest BCUT2D eigenvalue weighted by molar-refractivity contribution is 8.18. The van der Waals surface area contributed by atoms with Gasteiger partial charge < -0.3 is 15.0 Å². The minimum absolute atomic E-state index is 0.0805. The number of nitrogens with one attached hydrogen (secondary N) is 1. The van der Waals surface area contributed by atoms with Crippen molar-refractivity contribution in [2.75, 3.05) is 18.6 Å². The summed E-state index contributed by atoms with van der Waals surface area (Å²) in [4.78, 5) is 20.3. The number of aliphatic imine (C=N–C) groups is 1. The van der Waals surface area contributed by atoms with Gasteiger partial charge in [0.1, 0.15) is 5.75 Å². The minimum atomic E-state index is -0.164. The van der Waals surface area contributed by atoms with Crippen LogP contribution in [-0.2, 0) is 4.79 Å². The number of amides is 1. The fourth-order valence-electron chi connectivity index (χ4n) is 4.86. The highest BCUT2D eigenvalue weighted by Gasteiger charge is 2.36. The van der Waals surface area contributed by atoms with Crippen LogP contribution < -0.4 is 15.0 Å². The molecular formula is C26H30ClN3O2S. The molecule has 1 unspecified atom stereocenters. The van der Waals surface area contributed by atoms with Crippen molar-refractivity contribution in [2.24, 2.45) is 4.99 Å². The molecule has 2 aromatic carbocycles. The quantitative estimate of drug-likeness (QED) is 0.494. The summed E-state index contributed by atoms with van der Waals surface area (Å²) < 4.78 is 5.75. The van der Waals surface area contributed by atoms with Gasteiger partial charge in [0, 0.05) is 34.4 Å². The summed E-state index contributed by atoms with van der Waals surface area (Å²) in [5.74, 6) is 1.01. The number of halogens is 1. The van der Waals surface area contributed by atoms with Gasteiger partial charge in [-0.1, -0.05) is 24.6 Å². The maximum absolute atomic E-state index is 12.7. The molecule has 0 aromatic heterocycles. The van der Waals surface area contributed by atoms with Gasteiger partial charge in [0.25, 0.3) is 5.91 Å². The highest BCUT2D eigenvalue weighted by atomic mass is 35.5. The second kappa shape index (κ2) is 9.07. The zero-order chi connectivity index (χ0) is 23.9. The van der Waals surface area contributed by atoms with Gasteiger partial charge >= 0.3 is 0 Å². The van der Waals surface area contributed by atoms with Gasteiger partial charge in [0.2, 0.25) is 0 Å². The molecule has 1 N–H and O–H groups in total. The lowest BCUT2D eigenvalue weighted by atomic mass is 9.79. The third-order valence-electron chi connectivity index (χ3n) is 6.45. The fraction of sp³-hybridized carbons (Fsp3) is 0.385. The number of benzene rings is 2. The van der Waals surface area contributed by atoms with Gasteiger partial charge in [0.05, 0.1) is 17.7 Å². The first-order valence-electron chi connectivity index (χ1n) is 11.2. The van der Waals surface area contributed by atoms with Crippen LogP contribution in [0.25, 0.3) is 6.08 Å². The van der Waals surface area contributed by atoms with Crippen molar-refractivity contribution in [2.45, 2.75) is 52.5 Å². The average Bonchev–Trinajstić information content (AvgIpc) is 3.09. The summed E-state index contributed by atoms with van der Waals surface area (Å²) in [7, 11) is 1.67. The highest BCUT2D eigenvalue weighted by Crippen LogP contribution is 2.46. The van der Waals surface area contributed by atoms with Crippen LogP contribution in [0.2, 0.25) is 5.02 Å². The van der Waals surface area contributed by atoms with Crippen molar-refractivity contribution in [1.82, 2.24) is 5.32 Å². The Balaban J connectivity index is 1.71. The van der Waals surface area contributed by atoms with E-state index in [0.717, 1.165) is 35.5 Å².